The second kappa shape index (κ2) is 7.09. The normalized spacial score (nSPS) is 12.5. The van der Waals surface area contributed by atoms with Gasteiger partial charge in [0, 0.05) is 24.8 Å². The number of anilines is 1. The van der Waals surface area contributed by atoms with Gasteiger partial charge < -0.3 is 16.0 Å². The van der Waals surface area contributed by atoms with Crippen molar-refractivity contribution in [2.75, 3.05) is 25.9 Å². The third-order valence-electron chi connectivity index (χ3n) is 3.33. The number of nitrogen functional groups attached to an aromatic ring is 1. The quantitative estimate of drug-likeness (QED) is 0.774. The average molecular weight is 267 g/mol. The fraction of sp³-hybridized carbons (Fsp3) is 0.500. The number of carbonyl (C=O) groups excluding carboxylic acids is 1. The van der Waals surface area contributed by atoms with E-state index in [2.05, 4.69) is 24.1 Å². The fourth-order valence-corrected chi connectivity index (χ4v) is 1.69. The minimum atomic E-state index is -0.590. The fourth-order valence-electron chi connectivity index (χ4n) is 1.69. The van der Waals surface area contributed by atoms with Gasteiger partial charge >= 0.3 is 0 Å². The molecule has 5 heteroatoms. The van der Waals surface area contributed by atoms with Crippen molar-refractivity contribution in [3.63, 3.8) is 0 Å². The van der Waals surface area contributed by atoms with Crippen molar-refractivity contribution in [1.29, 1.82) is 0 Å². The maximum Gasteiger partial charge on any atom is 0.254 e. The van der Waals surface area contributed by atoms with Gasteiger partial charge in [0.1, 0.15) is 5.82 Å². The second-order valence-electron chi connectivity index (χ2n) is 4.73. The summed E-state index contributed by atoms with van der Waals surface area (Å²) in [6.45, 7) is 5.46. The van der Waals surface area contributed by atoms with Crippen LogP contribution in [0.15, 0.2) is 18.2 Å². The summed E-state index contributed by atoms with van der Waals surface area (Å²) in [6.07, 6.45) is 1.05. The lowest BCUT2D eigenvalue weighted by Crippen LogP contribution is -2.37. The van der Waals surface area contributed by atoms with E-state index in [0.717, 1.165) is 19.0 Å². The molecule has 0 aliphatic rings. The lowest BCUT2D eigenvalue weighted by Gasteiger charge is -2.23. The number of likely N-dealkylation sites (N-methyl/N-ethyl adjacent to an activating group) is 1. The predicted octanol–water partition coefficient (Wildman–Crippen LogP) is 1.87. The molecule has 0 radical (unpaired) electrons. The molecule has 0 saturated heterocycles. The number of hydrogen-bond acceptors (Lipinski definition) is 3. The topological polar surface area (TPSA) is 58.4 Å². The number of amides is 1. The Bertz CT molecular complexity index is 437. The molecule has 1 rings (SSSR count). The minimum absolute atomic E-state index is 0.0281. The van der Waals surface area contributed by atoms with E-state index in [4.69, 9.17) is 5.73 Å². The van der Waals surface area contributed by atoms with Gasteiger partial charge in [-0.05, 0) is 38.6 Å². The average Bonchev–Trinajstić information content (AvgIpc) is 2.37. The van der Waals surface area contributed by atoms with Gasteiger partial charge in [-0.25, -0.2) is 4.39 Å². The first-order chi connectivity index (χ1) is 8.95. The Balaban J connectivity index is 2.47. The zero-order valence-electron chi connectivity index (χ0n) is 11.7. The predicted molar refractivity (Wildman–Crippen MR) is 75.5 cm³/mol. The molecule has 19 heavy (non-hydrogen) atoms. The van der Waals surface area contributed by atoms with E-state index in [1.54, 1.807) is 0 Å². The highest BCUT2D eigenvalue weighted by molar-refractivity contribution is 5.94. The molecule has 4 nitrogen and oxygen atoms in total. The van der Waals surface area contributed by atoms with Crippen LogP contribution in [0.1, 0.15) is 30.6 Å². The van der Waals surface area contributed by atoms with Crippen LogP contribution in [-0.4, -0.2) is 37.0 Å². The maximum absolute atomic E-state index is 13.5. The summed E-state index contributed by atoms with van der Waals surface area (Å²) in [7, 11) is 2.00. The van der Waals surface area contributed by atoms with Crippen molar-refractivity contribution in [3.05, 3.63) is 29.6 Å². The third-order valence-corrected chi connectivity index (χ3v) is 3.33. The maximum atomic E-state index is 13.5. The Hall–Kier alpha value is -1.62. The van der Waals surface area contributed by atoms with E-state index < -0.39 is 11.7 Å². The van der Waals surface area contributed by atoms with Crippen molar-refractivity contribution in [1.82, 2.24) is 10.2 Å². The number of nitrogens with one attached hydrogen (secondary N) is 1. The lowest BCUT2D eigenvalue weighted by molar-refractivity contribution is 0.0943. The van der Waals surface area contributed by atoms with Crippen LogP contribution in [0, 0.1) is 5.82 Å². The van der Waals surface area contributed by atoms with Crippen molar-refractivity contribution in [2.45, 2.75) is 26.3 Å². The van der Waals surface area contributed by atoms with E-state index in [0.29, 0.717) is 18.3 Å². The number of rotatable bonds is 6. The van der Waals surface area contributed by atoms with E-state index in [9.17, 15) is 9.18 Å². The number of halogens is 1. The van der Waals surface area contributed by atoms with E-state index in [-0.39, 0.29) is 5.56 Å². The van der Waals surface area contributed by atoms with E-state index >= 15 is 0 Å². The smallest absolute Gasteiger partial charge is 0.254 e. The van der Waals surface area contributed by atoms with E-state index in [1.807, 2.05) is 7.05 Å². The molecule has 1 atom stereocenters. The summed E-state index contributed by atoms with van der Waals surface area (Å²) in [4.78, 5) is 13.9. The number of nitrogens with two attached hydrogens (primary N) is 1. The van der Waals surface area contributed by atoms with Crippen LogP contribution >= 0.6 is 0 Å². The molecule has 3 N–H and O–H groups in total. The molecule has 0 spiro atoms. The van der Waals surface area contributed by atoms with Crippen LogP contribution in [0.25, 0.3) is 0 Å². The molecular weight excluding hydrogens is 245 g/mol. The van der Waals surface area contributed by atoms with Crippen molar-refractivity contribution in [3.8, 4) is 0 Å². The summed E-state index contributed by atoms with van der Waals surface area (Å²) in [6, 6.07) is 4.53. The van der Waals surface area contributed by atoms with Crippen LogP contribution in [0.3, 0.4) is 0 Å². The van der Waals surface area contributed by atoms with E-state index in [1.165, 1.54) is 12.1 Å². The van der Waals surface area contributed by atoms with Gasteiger partial charge in [-0.15, -0.1) is 0 Å². The number of nitrogens with zero attached hydrogens (tertiary/aromatic N) is 1. The molecule has 0 aliphatic heterocycles. The summed E-state index contributed by atoms with van der Waals surface area (Å²) < 4.78 is 13.5. The monoisotopic (exact) mass is 267 g/mol. The first-order valence-electron chi connectivity index (χ1n) is 6.49. The van der Waals surface area contributed by atoms with Gasteiger partial charge in [-0.2, -0.15) is 0 Å². The highest BCUT2D eigenvalue weighted by atomic mass is 19.1. The van der Waals surface area contributed by atoms with Crippen LogP contribution in [0.5, 0.6) is 0 Å². The Morgan fingerprint density at radius 2 is 2.21 bits per heavy atom. The van der Waals surface area contributed by atoms with Gasteiger partial charge in [0.2, 0.25) is 0 Å². The van der Waals surface area contributed by atoms with Gasteiger partial charge in [0.05, 0.1) is 5.56 Å². The van der Waals surface area contributed by atoms with Gasteiger partial charge in [-0.1, -0.05) is 6.92 Å². The molecule has 106 valence electrons. The first kappa shape index (κ1) is 15.4. The van der Waals surface area contributed by atoms with Crippen molar-refractivity contribution >= 4 is 11.6 Å². The summed E-state index contributed by atoms with van der Waals surface area (Å²) in [5.41, 5.74) is 5.78. The third kappa shape index (κ3) is 4.52. The Morgan fingerprint density at radius 3 is 2.79 bits per heavy atom. The molecule has 1 unspecified atom stereocenters. The summed E-state index contributed by atoms with van der Waals surface area (Å²) in [5.74, 6) is -0.997. The molecule has 0 aliphatic carbocycles. The summed E-state index contributed by atoms with van der Waals surface area (Å²) >= 11 is 0. The van der Waals surface area contributed by atoms with Crippen molar-refractivity contribution in [2.24, 2.45) is 0 Å². The largest absolute Gasteiger partial charge is 0.399 e. The van der Waals surface area contributed by atoms with Gasteiger partial charge in [0.25, 0.3) is 5.91 Å². The van der Waals surface area contributed by atoms with Crippen LogP contribution < -0.4 is 11.1 Å². The van der Waals surface area contributed by atoms with Gasteiger partial charge in [-0.3, -0.25) is 4.79 Å². The Morgan fingerprint density at radius 1 is 1.53 bits per heavy atom. The molecule has 1 amide bonds. The Labute approximate surface area is 113 Å². The molecule has 0 saturated carbocycles. The Kier molecular flexibility index (Phi) is 5.76. The van der Waals surface area contributed by atoms with Crippen LogP contribution in [0.2, 0.25) is 0 Å². The first-order valence-corrected chi connectivity index (χ1v) is 6.49. The highest BCUT2D eigenvalue weighted by Gasteiger charge is 2.12. The number of benzene rings is 1. The lowest BCUT2D eigenvalue weighted by atomic mass is 10.2. The zero-order valence-corrected chi connectivity index (χ0v) is 11.7. The molecule has 0 bridgehead atoms. The molecule has 0 aromatic heterocycles. The van der Waals surface area contributed by atoms with Crippen LogP contribution in [0.4, 0.5) is 10.1 Å². The number of carbonyl (C=O) groups is 1. The summed E-state index contributed by atoms with van der Waals surface area (Å²) in [5, 5.41) is 2.71. The molecule has 0 heterocycles. The second-order valence-corrected chi connectivity index (χ2v) is 4.73. The molecule has 1 aromatic rings. The minimum Gasteiger partial charge on any atom is -0.399 e. The molecule has 1 aromatic carbocycles. The zero-order chi connectivity index (χ0) is 14.4. The standard InChI is InChI=1S/C14H22FN3O/c1-4-10(2)18(3)8-7-17-14(19)12-6-5-11(16)9-13(12)15/h5-6,9-10H,4,7-8,16H2,1-3H3,(H,17,19). The molecular formula is C14H22FN3O. The number of hydrogen-bond donors (Lipinski definition) is 2. The van der Waals surface area contributed by atoms with Gasteiger partial charge in [0.15, 0.2) is 0 Å². The highest BCUT2D eigenvalue weighted by Crippen LogP contribution is 2.11. The SMILES string of the molecule is CCC(C)N(C)CCNC(=O)c1ccc(N)cc1F. The van der Waals surface area contributed by atoms with Crippen LogP contribution in [-0.2, 0) is 0 Å². The van der Waals surface area contributed by atoms with Crippen molar-refractivity contribution < 1.29 is 9.18 Å². The molecule has 0 fully saturated rings.